The molecule has 8 heterocycles. The number of nitrogens with one attached hydrogen (secondary N) is 1. The fourth-order valence-electron chi connectivity index (χ4n) is 11.2. The van der Waals surface area contributed by atoms with Crippen molar-refractivity contribution in [2.45, 2.75) is 84.3 Å². The summed E-state index contributed by atoms with van der Waals surface area (Å²) in [5.74, 6) is 0.0381. The lowest BCUT2D eigenvalue weighted by Crippen LogP contribution is -2.43. The second-order valence-electron chi connectivity index (χ2n) is 19.6. The molecule has 3 fully saturated rings. The Balaban J connectivity index is 0.972. The third-order valence-corrected chi connectivity index (χ3v) is 15.0. The lowest BCUT2D eigenvalue weighted by Gasteiger charge is -2.37. The summed E-state index contributed by atoms with van der Waals surface area (Å²) in [7, 11) is 0. The highest BCUT2D eigenvalue weighted by molar-refractivity contribution is 6.00. The van der Waals surface area contributed by atoms with Gasteiger partial charge in [-0.15, -0.1) is 0 Å². The van der Waals surface area contributed by atoms with Crippen molar-refractivity contribution in [2.75, 3.05) is 33.0 Å². The van der Waals surface area contributed by atoms with Crippen molar-refractivity contribution in [3.05, 3.63) is 140 Å². The number of ether oxygens (including phenoxy) is 2. The van der Waals surface area contributed by atoms with Crippen molar-refractivity contribution in [1.29, 1.82) is 0 Å². The molecule has 8 aromatic rings. The summed E-state index contributed by atoms with van der Waals surface area (Å²) >= 11 is 0. The predicted octanol–water partition coefficient (Wildman–Crippen LogP) is 7.02. The van der Waals surface area contributed by atoms with Gasteiger partial charge in [0.1, 0.15) is 22.9 Å². The van der Waals surface area contributed by atoms with Gasteiger partial charge >= 0.3 is 11.4 Å². The van der Waals surface area contributed by atoms with Crippen LogP contribution in [0.25, 0.3) is 39.0 Å². The summed E-state index contributed by atoms with van der Waals surface area (Å²) in [4.78, 5) is 47.5. The van der Waals surface area contributed by atoms with E-state index in [0.29, 0.717) is 97.1 Å². The molecular formula is C50H51FN10O6. The molecule has 16 nitrogen and oxygen atoms in total. The average Bonchev–Trinajstić information content (AvgIpc) is 3.95. The molecule has 3 aliphatic heterocycles. The number of aromatic amines is 1. The van der Waals surface area contributed by atoms with Gasteiger partial charge < -0.3 is 18.9 Å². The summed E-state index contributed by atoms with van der Waals surface area (Å²) in [6, 6.07) is 17.2. The molecule has 1 amide bonds. The van der Waals surface area contributed by atoms with Crippen molar-refractivity contribution < 1.29 is 23.2 Å². The normalized spacial score (nSPS) is 21.6. The first-order valence-corrected chi connectivity index (χ1v) is 23.2. The van der Waals surface area contributed by atoms with Crippen molar-refractivity contribution in [2.24, 2.45) is 11.3 Å². The summed E-state index contributed by atoms with van der Waals surface area (Å²) in [6.07, 6.45) is 8.16. The molecule has 3 atom stereocenters. The van der Waals surface area contributed by atoms with Crippen LogP contribution < -0.4 is 11.4 Å². The summed E-state index contributed by atoms with van der Waals surface area (Å²) in [6.45, 7) is 13.5. The molecule has 17 heteroatoms. The number of aromatic nitrogens is 9. The maximum atomic E-state index is 15.5. The summed E-state index contributed by atoms with van der Waals surface area (Å²) < 4.78 is 40.3. The zero-order chi connectivity index (χ0) is 46.1. The van der Waals surface area contributed by atoms with Crippen molar-refractivity contribution in [1.82, 2.24) is 48.3 Å². The Morgan fingerprint density at radius 3 is 2.36 bits per heavy atom. The second kappa shape index (κ2) is 15.1. The topological polar surface area (TPSA) is 165 Å². The lowest BCUT2D eigenvalue weighted by atomic mass is 9.89. The predicted molar refractivity (Wildman–Crippen MR) is 246 cm³/mol. The van der Waals surface area contributed by atoms with E-state index in [0.717, 1.165) is 46.9 Å². The number of carbonyl (C=O) groups is 1. The standard InChI is InChI=1S/C50H51FN10O6/c1-28-18-37(19-29(2)43(28)51)61-44(58-15-14-57(48(58)64)36-7-9-39-35(21-36)24-52-59(39)25-49(5)26-66-27-49)42-31(4)56(13-10-38(42)54-61)45(62)41-22-34-20-33(32-11-16-65-17-12-32)6-8-40(34)60(41)50(23-30(50)3)46-53-47(63)67-55-46/h6-9,14-15,18-22,24,30-32H,10-13,16-17,23,25-27H2,1-5H3,(H,53,55,63)/t30-,31-,50-/m0/s1. The smallest absolute Gasteiger partial charge is 0.381 e. The number of hydrogen-bond acceptors (Lipinski definition) is 9. The number of H-pyrrole nitrogens is 1. The molecule has 0 bridgehead atoms. The average molecular weight is 907 g/mol. The van der Waals surface area contributed by atoms with Crippen LogP contribution in [0, 0.1) is 31.0 Å². The Morgan fingerprint density at radius 1 is 0.910 bits per heavy atom. The number of fused-ring (bicyclic) bond motifs is 3. The molecule has 1 aliphatic carbocycles. The van der Waals surface area contributed by atoms with Gasteiger partial charge in [0.25, 0.3) is 5.91 Å². The fraction of sp³-hybridized carbons (Fsp3) is 0.400. The first-order valence-electron chi connectivity index (χ1n) is 23.2. The Bertz CT molecular complexity index is 3410. The van der Waals surface area contributed by atoms with E-state index in [1.807, 2.05) is 47.0 Å². The highest BCUT2D eigenvalue weighted by Crippen LogP contribution is 2.56. The van der Waals surface area contributed by atoms with Gasteiger partial charge in [0.05, 0.1) is 54.6 Å². The summed E-state index contributed by atoms with van der Waals surface area (Å²) in [5.41, 5.74) is 5.93. The molecule has 1 N–H and O–H groups in total. The van der Waals surface area contributed by atoms with E-state index in [1.54, 1.807) is 52.2 Å². The van der Waals surface area contributed by atoms with Crippen LogP contribution in [0.3, 0.4) is 0 Å². The number of imidazole rings is 1. The third-order valence-electron chi connectivity index (χ3n) is 15.0. The first-order chi connectivity index (χ1) is 32.3. The van der Waals surface area contributed by atoms with Crippen LogP contribution >= 0.6 is 0 Å². The van der Waals surface area contributed by atoms with Gasteiger partial charge in [-0.2, -0.15) is 10.2 Å². The zero-order valence-electron chi connectivity index (χ0n) is 38.1. The van der Waals surface area contributed by atoms with Crippen molar-refractivity contribution >= 4 is 27.7 Å². The van der Waals surface area contributed by atoms with E-state index < -0.39 is 17.3 Å². The Hall–Kier alpha value is -6.85. The van der Waals surface area contributed by atoms with Gasteiger partial charge in [-0.3, -0.25) is 28.1 Å². The van der Waals surface area contributed by atoms with Crippen LogP contribution in [0.5, 0.6) is 0 Å². The van der Waals surface area contributed by atoms with Crippen LogP contribution in [0.15, 0.2) is 87.3 Å². The van der Waals surface area contributed by atoms with E-state index in [9.17, 15) is 9.59 Å². The minimum Gasteiger partial charge on any atom is -0.381 e. The molecule has 1 saturated carbocycles. The van der Waals surface area contributed by atoms with E-state index in [-0.39, 0.29) is 28.7 Å². The number of amides is 1. The van der Waals surface area contributed by atoms with E-state index in [4.69, 9.17) is 19.1 Å². The number of aryl methyl sites for hydroxylation is 2. The first kappa shape index (κ1) is 41.6. The number of halogens is 1. The van der Waals surface area contributed by atoms with Crippen LogP contribution in [-0.2, 0) is 28.0 Å². The number of carbonyl (C=O) groups excluding carboxylic acids is 1. The van der Waals surface area contributed by atoms with Crippen molar-refractivity contribution in [3.8, 4) is 17.2 Å². The quantitative estimate of drug-likeness (QED) is 0.160. The largest absolute Gasteiger partial charge is 0.438 e. The van der Waals surface area contributed by atoms with Gasteiger partial charge in [-0.1, -0.05) is 25.1 Å². The number of hydrogen-bond donors (Lipinski definition) is 1. The molecule has 0 unspecified atom stereocenters. The van der Waals surface area contributed by atoms with Crippen LogP contribution in [-0.4, -0.2) is 87.2 Å². The van der Waals surface area contributed by atoms with Gasteiger partial charge in [-0.05, 0) is 117 Å². The SMILES string of the molecule is Cc1cc(-n2nc3c(c2-n2ccn(-c4ccc5c(cnn5CC5(C)COC5)c4)c2=O)[C@H](C)N(C(=O)c2cc4cc(C5CCOCC5)ccc4n2[C@@]2(c4noc(=O)[nH]4)C[C@@H]2C)CC3)cc(C)c1F. The fourth-order valence-corrected chi connectivity index (χ4v) is 11.2. The molecule has 67 heavy (non-hydrogen) atoms. The highest BCUT2D eigenvalue weighted by atomic mass is 19.1. The number of nitrogens with zero attached hydrogens (tertiary/aromatic N) is 9. The Labute approximate surface area is 383 Å². The highest BCUT2D eigenvalue weighted by Gasteiger charge is 2.59. The molecule has 0 radical (unpaired) electrons. The maximum Gasteiger partial charge on any atom is 0.438 e. The number of rotatable bonds is 9. The molecule has 3 aromatic carbocycles. The van der Waals surface area contributed by atoms with Gasteiger partial charge in [-0.25, -0.2) is 18.7 Å². The lowest BCUT2D eigenvalue weighted by molar-refractivity contribution is -0.111. The van der Waals surface area contributed by atoms with Gasteiger partial charge in [0, 0.05) is 65.8 Å². The van der Waals surface area contributed by atoms with Gasteiger partial charge in [0.15, 0.2) is 5.82 Å². The van der Waals surface area contributed by atoms with Crippen molar-refractivity contribution in [3.63, 3.8) is 0 Å². The van der Waals surface area contributed by atoms with E-state index in [1.165, 1.54) is 5.56 Å². The molecule has 344 valence electrons. The van der Waals surface area contributed by atoms with Gasteiger partial charge in [0.2, 0.25) is 0 Å². The Kier molecular flexibility index (Phi) is 9.36. The summed E-state index contributed by atoms with van der Waals surface area (Å²) in [5, 5.41) is 15.8. The third kappa shape index (κ3) is 6.44. The minimum atomic E-state index is -0.820. The molecule has 2 saturated heterocycles. The second-order valence-corrected chi connectivity index (χ2v) is 19.6. The molecule has 4 aliphatic rings. The number of benzene rings is 3. The molecule has 12 rings (SSSR count). The van der Waals surface area contributed by atoms with Crippen LogP contribution in [0.1, 0.15) is 96.3 Å². The Morgan fingerprint density at radius 2 is 1.66 bits per heavy atom. The molecule has 0 spiro atoms. The van der Waals surface area contributed by atoms with Crippen LogP contribution in [0.2, 0.25) is 0 Å². The maximum absolute atomic E-state index is 15.5. The van der Waals surface area contributed by atoms with E-state index >= 15 is 9.18 Å². The van der Waals surface area contributed by atoms with Crippen LogP contribution in [0.4, 0.5) is 4.39 Å². The minimum absolute atomic E-state index is 0.0250. The zero-order valence-corrected chi connectivity index (χ0v) is 38.1. The van der Waals surface area contributed by atoms with E-state index in [2.05, 4.69) is 51.9 Å². The monoisotopic (exact) mass is 906 g/mol. The molecular weight excluding hydrogens is 856 g/mol. The molecule has 5 aromatic heterocycles.